The lowest BCUT2D eigenvalue weighted by atomic mass is 10.0. The molecule has 4 aromatic rings. The van der Waals surface area contributed by atoms with Crippen molar-refractivity contribution < 1.29 is 31.5 Å². The maximum Gasteiger partial charge on any atom is 0.453 e. The number of nitrogens with one attached hydrogen (secondary N) is 2. The second-order valence-electron chi connectivity index (χ2n) is 8.28. The highest BCUT2D eigenvalue weighted by atomic mass is 35.5. The highest BCUT2D eigenvalue weighted by Crippen LogP contribution is 2.28. The summed E-state index contributed by atoms with van der Waals surface area (Å²) in [6.45, 7) is -0.112. The average Bonchev–Trinajstić information content (AvgIpc) is 3.56. The molecule has 4 rings (SSSR count). The van der Waals surface area contributed by atoms with E-state index >= 15 is 0 Å². The van der Waals surface area contributed by atoms with Crippen molar-refractivity contribution in [3.05, 3.63) is 75.5 Å². The molecule has 1 aromatic carbocycles. The summed E-state index contributed by atoms with van der Waals surface area (Å²) in [5, 5.41) is 27.4. The third-order valence-corrected chi connectivity index (χ3v) is 5.69. The number of carbonyl (C=O) groups is 2. The number of aryl methyl sites for hydroxylation is 1. The summed E-state index contributed by atoms with van der Waals surface area (Å²) in [5.41, 5.74) is -0.489. The van der Waals surface area contributed by atoms with Crippen molar-refractivity contribution >= 4 is 29.1 Å². The van der Waals surface area contributed by atoms with E-state index in [0.717, 1.165) is 16.8 Å². The molecular formula is C23H16ClF5N10O2. The molecule has 3 heterocycles. The fourth-order valence-corrected chi connectivity index (χ4v) is 3.87. The number of tetrazole rings is 1. The second-order valence-corrected chi connectivity index (χ2v) is 8.69. The molecule has 41 heavy (non-hydrogen) atoms. The average molecular weight is 595 g/mol. The predicted octanol–water partition coefficient (Wildman–Crippen LogP) is 3.40. The fraction of sp³-hybridized carbons (Fsp3) is 0.217. The third kappa shape index (κ3) is 6.44. The monoisotopic (exact) mass is 594 g/mol. The largest absolute Gasteiger partial charge is 0.453 e. The van der Waals surface area contributed by atoms with Crippen molar-refractivity contribution in [1.82, 2.24) is 40.3 Å². The zero-order chi connectivity index (χ0) is 29.9. The molecule has 0 radical (unpaired) electrons. The Labute approximate surface area is 231 Å². The van der Waals surface area contributed by atoms with Gasteiger partial charge < -0.3 is 10.6 Å². The number of hydrogen-bond acceptors (Lipinski definition) is 8. The summed E-state index contributed by atoms with van der Waals surface area (Å²) in [6, 6.07) is 8.38. The molecule has 0 aliphatic heterocycles. The number of hydrogen-bond donors (Lipinski definition) is 2. The quantitative estimate of drug-likeness (QED) is 0.294. The minimum atomic E-state index is -4.87. The van der Waals surface area contributed by atoms with Gasteiger partial charge in [-0.3, -0.25) is 9.59 Å². The van der Waals surface area contributed by atoms with Gasteiger partial charge in [0.15, 0.2) is 5.82 Å². The van der Waals surface area contributed by atoms with Crippen LogP contribution in [0.5, 0.6) is 0 Å². The van der Waals surface area contributed by atoms with E-state index < -0.39 is 43.3 Å². The number of carbonyl (C=O) groups excluding carboxylic acids is 2. The van der Waals surface area contributed by atoms with Gasteiger partial charge in [0, 0.05) is 6.20 Å². The van der Waals surface area contributed by atoms with Gasteiger partial charge in [-0.15, -0.1) is 5.10 Å². The van der Waals surface area contributed by atoms with Gasteiger partial charge in [0.2, 0.25) is 0 Å². The maximum atomic E-state index is 13.5. The van der Waals surface area contributed by atoms with Crippen LogP contribution in [0.4, 0.5) is 27.6 Å². The highest BCUT2D eigenvalue weighted by molar-refractivity contribution is 6.32. The van der Waals surface area contributed by atoms with E-state index in [4.69, 9.17) is 11.6 Å². The minimum absolute atomic E-state index is 0.0252. The lowest BCUT2D eigenvalue weighted by Crippen LogP contribution is -2.30. The normalized spacial score (nSPS) is 11.4. The van der Waals surface area contributed by atoms with Crippen LogP contribution in [-0.4, -0.2) is 59.8 Å². The summed E-state index contributed by atoms with van der Waals surface area (Å²) in [4.78, 5) is 30.3. The summed E-state index contributed by atoms with van der Waals surface area (Å²) in [5.74, 6) is -3.36. The Balaban J connectivity index is 1.76. The Morgan fingerprint density at radius 3 is 2.61 bits per heavy atom. The molecule has 0 spiro atoms. The van der Waals surface area contributed by atoms with Crippen molar-refractivity contribution in [2.24, 2.45) is 0 Å². The van der Waals surface area contributed by atoms with Gasteiger partial charge in [-0.25, -0.2) is 23.1 Å². The zero-order valence-electron chi connectivity index (χ0n) is 20.6. The standard InChI is InChI=1S/C23H16ClF5N10O2/c1-11-5-12(8-30)6-14(20(40)32-9-17(25)26)18(11)33-21(41)16-7-13(10-38-22(23(27,28)29)34-36-37-38)35-39(16)19-15(24)3-2-4-31-19/h2-7,17H,9-10H2,1H3,(H,32,40)(H,33,41). The smallest absolute Gasteiger partial charge is 0.346 e. The molecule has 0 bridgehead atoms. The van der Waals surface area contributed by atoms with E-state index in [1.165, 1.54) is 31.3 Å². The number of rotatable bonds is 8. The first kappa shape index (κ1) is 29.0. The van der Waals surface area contributed by atoms with Gasteiger partial charge in [0.05, 0.1) is 46.7 Å². The number of alkyl halides is 5. The molecule has 0 atom stereocenters. The maximum absolute atomic E-state index is 13.5. The molecule has 0 saturated carbocycles. The van der Waals surface area contributed by atoms with Crippen molar-refractivity contribution in [2.75, 3.05) is 11.9 Å². The molecule has 2 N–H and O–H groups in total. The molecule has 0 saturated heterocycles. The first-order chi connectivity index (χ1) is 19.4. The number of halogens is 6. The molecule has 0 unspecified atom stereocenters. The summed E-state index contributed by atoms with van der Waals surface area (Å²) < 4.78 is 66.6. The van der Waals surface area contributed by atoms with Gasteiger partial charge in [0.25, 0.3) is 24.1 Å². The molecule has 0 fully saturated rings. The van der Waals surface area contributed by atoms with Crippen LogP contribution in [0, 0.1) is 18.3 Å². The summed E-state index contributed by atoms with van der Waals surface area (Å²) in [6.07, 6.45) is -6.39. The Morgan fingerprint density at radius 1 is 1.20 bits per heavy atom. The Kier molecular flexibility index (Phi) is 8.23. The van der Waals surface area contributed by atoms with Crippen LogP contribution in [-0.2, 0) is 12.7 Å². The van der Waals surface area contributed by atoms with Crippen LogP contribution in [0.2, 0.25) is 5.02 Å². The predicted molar refractivity (Wildman–Crippen MR) is 130 cm³/mol. The lowest BCUT2D eigenvalue weighted by molar-refractivity contribution is -0.147. The van der Waals surface area contributed by atoms with Gasteiger partial charge in [-0.2, -0.15) is 23.5 Å². The Bertz CT molecular complexity index is 1660. The van der Waals surface area contributed by atoms with Gasteiger partial charge >= 0.3 is 6.18 Å². The van der Waals surface area contributed by atoms with Crippen molar-refractivity contribution in [3.8, 4) is 11.9 Å². The molecular weight excluding hydrogens is 579 g/mol. The number of amides is 2. The summed E-state index contributed by atoms with van der Waals surface area (Å²) in [7, 11) is 0. The number of pyridine rings is 1. The number of anilines is 1. The van der Waals surface area contributed by atoms with Crippen LogP contribution >= 0.6 is 11.6 Å². The second kappa shape index (κ2) is 11.6. The number of nitrogens with zero attached hydrogens (tertiary/aromatic N) is 8. The van der Waals surface area contributed by atoms with E-state index in [1.807, 2.05) is 11.4 Å². The molecule has 3 aromatic heterocycles. The topological polar surface area (TPSA) is 156 Å². The van der Waals surface area contributed by atoms with E-state index in [2.05, 4.69) is 30.9 Å². The molecule has 212 valence electrons. The molecule has 0 aliphatic carbocycles. The number of nitriles is 1. The van der Waals surface area contributed by atoms with E-state index in [-0.39, 0.29) is 44.6 Å². The van der Waals surface area contributed by atoms with Crippen molar-refractivity contribution in [3.63, 3.8) is 0 Å². The highest BCUT2D eigenvalue weighted by Gasteiger charge is 2.38. The minimum Gasteiger partial charge on any atom is -0.346 e. The molecule has 0 aliphatic rings. The van der Waals surface area contributed by atoms with E-state index in [0.29, 0.717) is 4.68 Å². The van der Waals surface area contributed by atoms with Crippen LogP contribution in [0.3, 0.4) is 0 Å². The fourth-order valence-electron chi connectivity index (χ4n) is 3.67. The van der Waals surface area contributed by atoms with Crippen LogP contribution in [0.25, 0.3) is 5.82 Å². The number of benzene rings is 1. The first-order valence-electron chi connectivity index (χ1n) is 11.3. The molecule has 18 heteroatoms. The first-order valence-corrected chi connectivity index (χ1v) is 11.7. The van der Waals surface area contributed by atoms with Crippen molar-refractivity contribution in [2.45, 2.75) is 26.1 Å². The van der Waals surface area contributed by atoms with E-state index in [9.17, 15) is 36.8 Å². The molecule has 12 nitrogen and oxygen atoms in total. The van der Waals surface area contributed by atoms with Crippen LogP contribution < -0.4 is 10.6 Å². The SMILES string of the molecule is Cc1cc(C#N)cc(C(=O)NCC(F)F)c1NC(=O)c1cc(Cn2nnnc2C(F)(F)F)nn1-c1ncccc1Cl. The molecule has 2 amide bonds. The van der Waals surface area contributed by atoms with Crippen LogP contribution in [0.15, 0.2) is 36.5 Å². The van der Waals surface area contributed by atoms with Gasteiger partial charge in [-0.05, 0) is 53.2 Å². The Hall–Kier alpha value is -4.98. The van der Waals surface area contributed by atoms with Crippen LogP contribution in [0.1, 0.15) is 43.5 Å². The lowest BCUT2D eigenvalue weighted by Gasteiger charge is -2.15. The number of aromatic nitrogens is 7. The van der Waals surface area contributed by atoms with Gasteiger partial charge in [-0.1, -0.05) is 11.6 Å². The Morgan fingerprint density at radius 2 is 1.95 bits per heavy atom. The van der Waals surface area contributed by atoms with Crippen molar-refractivity contribution in [1.29, 1.82) is 5.26 Å². The van der Waals surface area contributed by atoms with Gasteiger partial charge in [0.1, 0.15) is 5.69 Å². The zero-order valence-corrected chi connectivity index (χ0v) is 21.4. The van der Waals surface area contributed by atoms with E-state index in [1.54, 1.807) is 0 Å². The third-order valence-electron chi connectivity index (χ3n) is 5.39. The summed E-state index contributed by atoms with van der Waals surface area (Å²) >= 11 is 6.23.